The molecule has 158 valence electrons. The molecule has 0 bridgehead atoms. The number of hydrogen-bond donors (Lipinski definition) is 0. The highest BCUT2D eigenvalue weighted by atomic mass is 35.5. The first kappa shape index (κ1) is 22.1. The van der Waals surface area contributed by atoms with Gasteiger partial charge in [0.25, 0.3) is 0 Å². The lowest BCUT2D eigenvalue weighted by Crippen LogP contribution is -2.26. The summed E-state index contributed by atoms with van der Waals surface area (Å²) in [5.74, 6) is 0.550. The van der Waals surface area contributed by atoms with Crippen molar-refractivity contribution in [2.45, 2.75) is 17.6 Å². The van der Waals surface area contributed by atoms with E-state index in [4.69, 9.17) is 16.3 Å². The van der Waals surface area contributed by atoms with Crippen LogP contribution in [0.3, 0.4) is 0 Å². The number of para-hydroxylation sites is 1. The van der Waals surface area contributed by atoms with Gasteiger partial charge < -0.3 is 4.74 Å². The van der Waals surface area contributed by atoms with E-state index < -0.39 is 21.8 Å². The Hall–Kier alpha value is -2.55. The predicted molar refractivity (Wildman–Crippen MR) is 108 cm³/mol. The number of rotatable bonds is 6. The van der Waals surface area contributed by atoms with Crippen LogP contribution in [0.1, 0.15) is 11.1 Å². The third-order valence-corrected chi connectivity index (χ3v) is 6.34. The number of benzene rings is 3. The van der Waals surface area contributed by atoms with E-state index in [1.165, 1.54) is 37.4 Å². The van der Waals surface area contributed by atoms with Gasteiger partial charge in [0.15, 0.2) is 0 Å². The fourth-order valence-corrected chi connectivity index (χ4v) is 3.98. The van der Waals surface area contributed by atoms with E-state index in [1.54, 1.807) is 30.3 Å². The maximum atomic E-state index is 13.2. The Bertz CT molecular complexity index is 1120. The maximum Gasteiger partial charge on any atom is 0.416 e. The van der Waals surface area contributed by atoms with Crippen molar-refractivity contribution < 1.29 is 26.3 Å². The van der Waals surface area contributed by atoms with Gasteiger partial charge in [0.1, 0.15) is 11.5 Å². The third-order valence-electron chi connectivity index (χ3n) is 4.27. The second-order valence-corrected chi connectivity index (χ2v) is 8.93. The number of hydrogen-bond acceptors (Lipinski definition) is 3. The SMILES string of the molecule is CN(Cc1cc(C(F)(F)F)ccc1Oc1ccccc1)S(=O)(=O)c1ccc(Cl)cc1. The zero-order chi connectivity index (χ0) is 21.9. The fourth-order valence-electron chi connectivity index (χ4n) is 2.71. The first-order valence-electron chi connectivity index (χ1n) is 8.72. The van der Waals surface area contributed by atoms with Crippen LogP contribution in [-0.2, 0) is 22.7 Å². The zero-order valence-corrected chi connectivity index (χ0v) is 17.3. The summed E-state index contributed by atoms with van der Waals surface area (Å²) in [6.45, 7) is -0.322. The minimum Gasteiger partial charge on any atom is -0.457 e. The minimum atomic E-state index is -4.58. The molecule has 0 saturated carbocycles. The Morgan fingerprint density at radius 2 is 1.60 bits per heavy atom. The second kappa shape index (κ2) is 8.67. The van der Waals surface area contributed by atoms with Gasteiger partial charge in [-0.25, -0.2) is 8.42 Å². The molecule has 0 aliphatic carbocycles. The maximum absolute atomic E-state index is 13.2. The normalized spacial score (nSPS) is 12.2. The van der Waals surface area contributed by atoms with Gasteiger partial charge in [-0.1, -0.05) is 29.8 Å². The molecule has 0 N–H and O–H groups in total. The summed E-state index contributed by atoms with van der Waals surface area (Å²) in [6.07, 6.45) is -4.58. The van der Waals surface area contributed by atoms with Crippen molar-refractivity contribution in [3.63, 3.8) is 0 Å². The molecule has 0 fully saturated rings. The molecular formula is C21H17ClF3NO3S. The standard InChI is InChI=1S/C21H17ClF3NO3S/c1-26(30(27,28)19-10-8-17(22)9-11-19)14-15-13-16(21(23,24)25)7-12-20(15)29-18-5-3-2-4-6-18/h2-13H,14H2,1H3. The molecule has 0 aliphatic heterocycles. The molecule has 3 rings (SSSR count). The molecule has 4 nitrogen and oxygen atoms in total. The van der Waals surface area contributed by atoms with Crippen molar-refractivity contribution in [1.29, 1.82) is 0 Å². The van der Waals surface area contributed by atoms with Gasteiger partial charge in [0, 0.05) is 24.2 Å². The molecule has 9 heteroatoms. The third kappa shape index (κ3) is 5.13. The smallest absolute Gasteiger partial charge is 0.416 e. The lowest BCUT2D eigenvalue weighted by atomic mass is 10.1. The van der Waals surface area contributed by atoms with Crippen LogP contribution in [-0.4, -0.2) is 19.8 Å². The minimum absolute atomic E-state index is 0.0214. The number of nitrogens with zero attached hydrogens (tertiary/aromatic N) is 1. The lowest BCUT2D eigenvalue weighted by Gasteiger charge is -2.20. The molecule has 0 unspecified atom stereocenters. The molecule has 0 heterocycles. The Labute approximate surface area is 177 Å². The highest BCUT2D eigenvalue weighted by molar-refractivity contribution is 7.89. The summed E-state index contributed by atoms with van der Waals surface area (Å²) in [7, 11) is -2.67. The zero-order valence-electron chi connectivity index (χ0n) is 15.7. The molecular weight excluding hydrogens is 439 g/mol. The number of alkyl halides is 3. The highest BCUT2D eigenvalue weighted by Crippen LogP contribution is 2.35. The highest BCUT2D eigenvalue weighted by Gasteiger charge is 2.32. The predicted octanol–water partition coefficient (Wildman–Crippen LogP) is 5.97. The molecule has 0 spiro atoms. The molecule has 0 aromatic heterocycles. The lowest BCUT2D eigenvalue weighted by molar-refractivity contribution is -0.137. The van der Waals surface area contributed by atoms with Crippen molar-refractivity contribution in [3.8, 4) is 11.5 Å². The van der Waals surface area contributed by atoms with E-state index in [0.717, 1.165) is 16.4 Å². The van der Waals surface area contributed by atoms with Gasteiger partial charge in [-0.15, -0.1) is 0 Å². The van der Waals surface area contributed by atoms with Crippen molar-refractivity contribution in [2.75, 3.05) is 7.05 Å². The van der Waals surface area contributed by atoms with Crippen molar-refractivity contribution in [3.05, 3.63) is 88.9 Å². The fraction of sp³-hybridized carbons (Fsp3) is 0.143. The number of sulfonamides is 1. The van der Waals surface area contributed by atoms with Crippen LogP contribution < -0.4 is 4.74 Å². The van der Waals surface area contributed by atoms with Gasteiger partial charge in [-0.3, -0.25) is 0 Å². The van der Waals surface area contributed by atoms with Crippen molar-refractivity contribution in [2.24, 2.45) is 0 Å². The van der Waals surface area contributed by atoms with Crippen LogP contribution in [0, 0.1) is 0 Å². The molecule has 3 aromatic carbocycles. The summed E-state index contributed by atoms with van der Waals surface area (Å²) in [6, 6.07) is 17.0. The number of halogens is 4. The molecule has 0 atom stereocenters. The second-order valence-electron chi connectivity index (χ2n) is 6.45. The van der Waals surface area contributed by atoms with Gasteiger partial charge in [0.2, 0.25) is 10.0 Å². The van der Waals surface area contributed by atoms with E-state index in [-0.39, 0.29) is 22.8 Å². The summed E-state index contributed by atoms with van der Waals surface area (Å²) < 4.78 is 72.0. The molecule has 0 saturated heterocycles. The van der Waals surface area contributed by atoms with Gasteiger partial charge >= 0.3 is 6.18 Å². The monoisotopic (exact) mass is 455 g/mol. The van der Waals surface area contributed by atoms with Crippen LogP contribution in [0.4, 0.5) is 13.2 Å². The average molecular weight is 456 g/mol. The van der Waals surface area contributed by atoms with E-state index in [1.807, 2.05) is 0 Å². The van der Waals surface area contributed by atoms with Crippen LogP contribution in [0.15, 0.2) is 77.7 Å². The Kier molecular flexibility index (Phi) is 6.40. The van der Waals surface area contributed by atoms with E-state index >= 15 is 0 Å². The van der Waals surface area contributed by atoms with Crippen LogP contribution >= 0.6 is 11.6 Å². The summed E-state index contributed by atoms with van der Waals surface area (Å²) >= 11 is 5.80. The van der Waals surface area contributed by atoms with Gasteiger partial charge in [-0.05, 0) is 54.6 Å². The Balaban J connectivity index is 1.96. The first-order chi connectivity index (χ1) is 14.1. The first-order valence-corrected chi connectivity index (χ1v) is 10.5. The van der Waals surface area contributed by atoms with Gasteiger partial charge in [-0.2, -0.15) is 17.5 Å². The van der Waals surface area contributed by atoms with Crippen LogP contribution in [0.25, 0.3) is 0 Å². The van der Waals surface area contributed by atoms with Crippen molar-refractivity contribution >= 4 is 21.6 Å². The van der Waals surface area contributed by atoms with Crippen LogP contribution in [0.2, 0.25) is 5.02 Å². The molecule has 0 amide bonds. The quantitative estimate of drug-likeness (QED) is 0.460. The van der Waals surface area contributed by atoms with E-state index in [0.29, 0.717) is 10.8 Å². The molecule has 3 aromatic rings. The Morgan fingerprint density at radius 1 is 0.967 bits per heavy atom. The molecule has 30 heavy (non-hydrogen) atoms. The summed E-state index contributed by atoms with van der Waals surface area (Å²) in [5, 5.41) is 0.369. The summed E-state index contributed by atoms with van der Waals surface area (Å²) in [5.41, 5.74) is -0.816. The average Bonchev–Trinajstić information content (AvgIpc) is 2.69. The van der Waals surface area contributed by atoms with Crippen LogP contribution in [0.5, 0.6) is 11.5 Å². The van der Waals surface area contributed by atoms with E-state index in [2.05, 4.69) is 0 Å². The molecule has 0 radical (unpaired) electrons. The Morgan fingerprint density at radius 3 is 2.20 bits per heavy atom. The van der Waals surface area contributed by atoms with Gasteiger partial charge in [0.05, 0.1) is 10.5 Å². The largest absolute Gasteiger partial charge is 0.457 e. The van der Waals surface area contributed by atoms with E-state index in [9.17, 15) is 21.6 Å². The topological polar surface area (TPSA) is 46.6 Å². The number of ether oxygens (including phenoxy) is 1. The van der Waals surface area contributed by atoms with Crippen molar-refractivity contribution in [1.82, 2.24) is 4.31 Å². The summed E-state index contributed by atoms with van der Waals surface area (Å²) in [4.78, 5) is -0.0214. The molecule has 0 aliphatic rings.